The fraction of sp³-hybridized carbons (Fsp3) is 0.444. The summed E-state index contributed by atoms with van der Waals surface area (Å²) in [6.45, 7) is 9.72. The number of aliphatic imine (C=N–C) groups is 1. The Morgan fingerprint density at radius 2 is 2.10 bits per heavy atom. The highest BCUT2D eigenvalue weighted by Crippen LogP contribution is 1.98. The maximum atomic E-state index is 4.02. The Morgan fingerprint density at radius 1 is 1.50 bits per heavy atom. The fourth-order valence-electron chi connectivity index (χ4n) is 0.640. The largest absolute Gasteiger partial charge is 0.262 e. The molecule has 56 valence electrons. The molecule has 0 unspecified atom stereocenters. The Bertz CT molecular complexity index is 164. The van der Waals surface area contributed by atoms with E-state index in [1.54, 1.807) is 6.20 Å². The average Bonchev–Trinajstić information content (AvgIpc) is 1.88. The van der Waals surface area contributed by atoms with Gasteiger partial charge in [-0.25, -0.2) is 0 Å². The minimum atomic E-state index is 1.02. The quantitative estimate of drug-likeness (QED) is 0.530. The van der Waals surface area contributed by atoms with Crippen LogP contribution in [0.15, 0.2) is 29.4 Å². The molecule has 1 heteroatoms. The number of nitrogens with zero attached hydrogens (tertiary/aromatic N) is 1. The van der Waals surface area contributed by atoms with E-state index >= 15 is 0 Å². The van der Waals surface area contributed by atoms with Crippen molar-refractivity contribution in [2.24, 2.45) is 4.99 Å². The van der Waals surface area contributed by atoms with Gasteiger partial charge in [-0.15, -0.1) is 0 Å². The smallest absolute Gasteiger partial charge is 0.0371 e. The third kappa shape index (κ3) is 4.07. The molecular formula is C9H15N. The molecule has 0 amide bonds. The SMILES string of the molecule is C=CN=C(C)/C=C(/C)CC. The van der Waals surface area contributed by atoms with Crippen LogP contribution in [0.2, 0.25) is 0 Å². The molecule has 1 nitrogen and oxygen atoms in total. The molecule has 0 heterocycles. The van der Waals surface area contributed by atoms with Gasteiger partial charge in [-0.1, -0.05) is 19.1 Å². The molecule has 0 aromatic heterocycles. The van der Waals surface area contributed by atoms with E-state index in [9.17, 15) is 0 Å². The first-order valence-electron chi connectivity index (χ1n) is 3.53. The highest BCUT2D eigenvalue weighted by atomic mass is 14.7. The second-order valence-electron chi connectivity index (χ2n) is 2.30. The molecule has 0 saturated heterocycles. The molecule has 0 rings (SSSR count). The second-order valence-corrected chi connectivity index (χ2v) is 2.30. The van der Waals surface area contributed by atoms with E-state index in [0.717, 1.165) is 12.1 Å². The van der Waals surface area contributed by atoms with Crippen molar-refractivity contribution in [1.82, 2.24) is 0 Å². The van der Waals surface area contributed by atoms with Gasteiger partial charge in [0.2, 0.25) is 0 Å². The van der Waals surface area contributed by atoms with Crippen LogP contribution in [0.4, 0.5) is 0 Å². The topological polar surface area (TPSA) is 12.4 Å². The van der Waals surface area contributed by atoms with Gasteiger partial charge in [0.05, 0.1) is 0 Å². The third-order valence-corrected chi connectivity index (χ3v) is 1.31. The number of hydrogen-bond donors (Lipinski definition) is 0. The van der Waals surface area contributed by atoms with Crippen molar-refractivity contribution < 1.29 is 0 Å². The first-order valence-corrected chi connectivity index (χ1v) is 3.53. The second kappa shape index (κ2) is 4.98. The lowest BCUT2D eigenvalue weighted by Crippen LogP contribution is -1.84. The van der Waals surface area contributed by atoms with Crippen LogP contribution in [0.1, 0.15) is 27.2 Å². The van der Waals surface area contributed by atoms with Crippen molar-refractivity contribution in [1.29, 1.82) is 0 Å². The lowest BCUT2D eigenvalue weighted by Gasteiger charge is -1.93. The molecule has 0 fully saturated rings. The van der Waals surface area contributed by atoms with E-state index in [1.165, 1.54) is 5.57 Å². The summed E-state index contributed by atoms with van der Waals surface area (Å²) in [7, 11) is 0. The van der Waals surface area contributed by atoms with Crippen molar-refractivity contribution in [2.45, 2.75) is 27.2 Å². The molecule has 0 aromatic carbocycles. The van der Waals surface area contributed by atoms with Gasteiger partial charge in [-0.05, 0) is 26.3 Å². The van der Waals surface area contributed by atoms with Gasteiger partial charge >= 0.3 is 0 Å². The van der Waals surface area contributed by atoms with Crippen LogP contribution in [0.5, 0.6) is 0 Å². The van der Waals surface area contributed by atoms with E-state index in [1.807, 2.05) is 6.92 Å². The van der Waals surface area contributed by atoms with Crippen molar-refractivity contribution in [2.75, 3.05) is 0 Å². The number of hydrogen-bond acceptors (Lipinski definition) is 1. The normalized spacial score (nSPS) is 13.5. The van der Waals surface area contributed by atoms with Crippen molar-refractivity contribution in [3.05, 3.63) is 24.4 Å². The van der Waals surface area contributed by atoms with Crippen LogP contribution in [-0.4, -0.2) is 5.71 Å². The minimum absolute atomic E-state index is 1.02. The Labute approximate surface area is 63.2 Å². The monoisotopic (exact) mass is 137 g/mol. The molecule has 0 N–H and O–H groups in total. The summed E-state index contributed by atoms with van der Waals surface area (Å²) in [5.41, 5.74) is 2.37. The van der Waals surface area contributed by atoms with Gasteiger partial charge in [-0.2, -0.15) is 0 Å². The van der Waals surface area contributed by atoms with Crippen LogP contribution >= 0.6 is 0 Å². The summed E-state index contributed by atoms with van der Waals surface area (Å²) in [5, 5.41) is 0. The highest BCUT2D eigenvalue weighted by Gasteiger charge is 1.84. The summed E-state index contributed by atoms with van der Waals surface area (Å²) in [5.74, 6) is 0. The van der Waals surface area contributed by atoms with Gasteiger partial charge < -0.3 is 0 Å². The van der Waals surface area contributed by atoms with Crippen LogP contribution in [0.25, 0.3) is 0 Å². The maximum Gasteiger partial charge on any atom is 0.0371 e. The predicted molar refractivity (Wildman–Crippen MR) is 47.4 cm³/mol. The summed E-state index contributed by atoms with van der Waals surface area (Å²) in [4.78, 5) is 4.02. The lowest BCUT2D eigenvalue weighted by molar-refractivity contribution is 1.10. The molecular weight excluding hydrogens is 122 g/mol. The van der Waals surface area contributed by atoms with Crippen LogP contribution in [-0.2, 0) is 0 Å². The molecule has 0 atom stereocenters. The summed E-state index contributed by atoms with van der Waals surface area (Å²) >= 11 is 0. The molecule has 0 aliphatic rings. The number of rotatable bonds is 3. The Morgan fingerprint density at radius 3 is 2.50 bits per heavy atom. The average molecular weight is 137 g/mol. The fourth-order valence-corrected chi connectivity index (χ4v) is 0.640. The first kappa shape index (κ1) is 9.15. The zero-order valence-corrected chi connectivity index (χ0v) is 7.02. The van der Waals surface area contributed by atoms with Gasteiger partial charge in [-0.3, -0.25) is 4.99 Å². The summed E-state index contributed by atoms with van der Waals surface area (Å²) < 4.78 is 0. The van der Waals surface area contributed by atoms with Gasteiger partial charge in [0, 0.05) is 11.9 Å². The van der Waals surface area contributed by atoms with E-state index in [0.29, 0.717) is 0 Å². The van der Waals surface area contributed by atoms with Crippen molar-refractivity contribution in [3.8, 4) is 0 Å². The molecule has 0 aromatic rings. The molecule has 0 radical (unpaired) electrons. The van der Waals surface area contributed by atoms with E-state index in [4.69, 9.17) is 0 Å². The Hall–Kier alpha value is -0.850. The van der Waals surface area contributed by atoms with Gasteiger partial charge in [0.25, 0.3) is 0 Å². The number of allylic oxidation sites excluding steroid dienone is 2. The highest BCUT2D eigenvalue weighted by molar-refractivity contribution is 5.93. The van der Waals surface area contributed by atoms with Crippen molar-refractivity contribution >= 4 is 5.71 Å². The molecule has 0 aliphatic heterocycles. The zero-order chi connectivity index (χ0) is 7.98. The standard InChI is InChI=1S/C9H15N/c1-5-8(3)7-9(4)10-6-2/h6-7H,2,5H2,1,3-4H3/b8-7-,10-9?. The van der Waals surface area contributed by atoms with Crippen LogP contribution in [0.3, 0.4) is 0 Å². The Kier molecular flexibility index (Phi) is 4.55. The molecule has 0 bridgehead atoms. The first-order chi connectivity index (χ1) is 4.70. The lowest BCUT2D eigenvalue weighted by atomic mass is 10.2. The summed E-state index contributed by atoms with van der Waals surface area (Å²) in [6.07, 6.45) is 4.72. The summed E-state index contributed by atoms with van der Waals surface area (Å²) in [6, 6.07) is 0. The third-order valence-electron chi connectivity index (χ3n) is 1.31. The van der Waals surface area contributed by atoms with E-state index in [-0.39, 0.29) is 0 Å². The van der Waals surface area contributed by atoms with Crippen LogP contribution < -0.4 is 0 Å². The van der Waals surface area contributed by atoms with E-state index < -0.39 is 0 Å². The minimum Gasteiger partial charge on any atom is -0.262 e. The predicted octanol–water partition coefficient (Wildman–Crippen LogP) is 2.95. The van der Waals surface area contributed by atoms with Gasteiger partial charge in [0.15, 0.2) is 0 Å². The zero-order valence-electron chi connectivity index (χ0n) is 7.02. The molecule has 0 saturated carbocycles. The molecule has 10 heavy (non-hydrogen) atoms. The van der Waals surface area contributed by atoms with Crippen molar-refractivity contribution in [3.63, 3.8) is 0 Å². The van der Waals surface area contributed by atoms with Gasteiger partial charge in [0.1, 0.15) is 0 Å². The molecule has 0 spiro atoms. The molecule has 0 aliphatic carbocycles. The maximum absolute atomic E-state index is 4.02. The Balaban J connectivity index is 4.11. The van der Waals surface area contributed by atoms with E-state index in [2.05, 4.69) is 31.5 Å². The van der Waals surface area contributed by atoms with Crippen LogP contribution in [0, 0.1) is 0 Å².